The van der Waals surface area contributed by atoms with Crippen molar-refractivity contribution >= 4 is 10.8 Å². The van der Waals surface area contributed by atoms with Crippen LogP contribution in [0.2, 0.25) is 0 Å². The molecule has 0 spiro atoms. The molecule has 0 aromatic heterocycles. The Hall–Kier alpha value is -5.38. The molecule has 0 saturated heterocycles. The Bertz CT molecular complexity index is 1870. The molecular formula is C34H24O8. The highest BCUT2D eigenvalue weighted by Gasteiger charge is 2.29. The van der Waals surface area contributed by atoms with Gasteiger partial charge in [-0.25, -0.2) is 21.0 Å². The summed E-state index contributed by atoms with van der Waals surface area (Å²) in [5, 5.41) is 41.4. The van der Waals surface area contributed by atoms with Gasteiger partial charge in [0.15, 0.2) is 23.0 Å². The zero-order valence-corrected chi connectivity index (χ0v) is 22.0. The first kappa shape index (κ1) is 26.8. The van der Waals surface area contributed by atoms with Crippen LogP contribution < -0.4 is 19.6 Å². The van der Waals surface area contributed by atoms with E-state index < -0.39 is 0 Å². The monoisotopic (exact) mass is 560 g/mol. The number of para-hydroxylation sites is 1. The van der Waals surface area contributed by atoms with Crippen molar-refractivity contribution in [3.63, 3.8) is 0 Å². The van der Waals surface area contributed by atoms with Crippen molar-refractivity contribution in [2.75, 3.05) is 0 Å². The minimum atomic E-state index is 0.0358. The molecule has 0 unspecified atom stereocenters. The predicted molar refractivity (Wildman–Crippen MR) is 159 cm³/mol. The second kappa shape index (κ2) is 11.6. The van der Waals surface area contributed by atoms with E-state index in [1.165, 1.54) is 0 Å². The van der Waals surface area contributed by atoms with E-state index in [2.05, 4.69) is 4.89 Å². The second-order valence-electron chi connectivity index (χ2n) is 9.44. The molecule has 0 aliphatic heterocycles. The summed E-state index contributed by atoms with van der Waals surface area (Å²) in [5.74, 6) is 0.379. The third-order valence-corrected chi connectivity index (χ3v) is 7.21. The predicted octanol–water partition coefficient (Wildman–Crippen LogP) is 8.92. The van der Waals surface area contributed by atoms with E-state index in [9.17, 15) is 21.0 Å². The number of benzene rings is 6. The molecule has 0 atom stereocenters. The summed E-state index contributed by atoms with van der Waals surface area (Å²) in [5.41, 5.74) is 4.05. The van der Waals surface area contributed by atoms with E-state index in [4.69, 9.17) is 14.7 Å². The van der Waals surface area contributed by atoms with Crippen LogP contribution in [0.5, 0.6) is 23.0 Å². The van der Waals surface area contributed by atoms with E-state index in [0.29, 0.717) is 38.6 Å². The number of fused-ring (bicyclic) bond motifs is 1. The fourth-order valence-electron chi connectivity index (χ4n) is 5.38. The molecule has 0 aliphatic carbocycles. The summed E-state index contributed by atoms with van der Waals surface area (Å²) in [6.07, 6.45) is 0. The minimum Gasteiger partial charge on any atom is -0.340 e. The Morgan fingerprint density at radius 3 is 1.45 bits per heavy atom. The van der Waals surface area contributed by atoms with Crippen LogP contribution >= 0.6 is 0 Å². The summed E-state index contributed by atoms with van der Waals surface area (Å²) in [6.45, 7) is 0. The van der Waals surface area contributed by atoms with Gasteiger partial charge < -0.3 is 19.6 Å². The van der Waals surface area contributed by atoms with Crippen molar-refractivity contribution in [3.8, 4) is 67.5 Å². The summed E-state index contributed by atoms with van der Waals surface area (Å²) < 4.78 is 0. The van der Waals surface area contributed by atoms with Crippen molar-refractivity contribution < 1.29 is 40.6 Å². The summed E-state index contributed by atoms with van der Waals surface area (Å²) >= 11 is 0. The standard InChI is InChI=1S/C34H24O8/c35-39-29-19-18-23(20-28(29)22-12-5-2-6-13-22)30-31(34(42-38)26-15-8-7-14-25(26)33(30)41-37)27-17-9-16-24(32(27)40-36)21-10-3-1-4-11-21/h1-20,35-38H. The van der Waals surface area contributed by atoms with Gasteiger partial charge in [-0.15, -0.1) is 0 Å². The Morgan fingerprint density at radius 2 is 0.881 bits per heavy atom. The van der Waals surface area contributed by atoms with Gasteiger partial charge >= 0.3 is 0 Å². The summed E-state index contributed by atoms with van der Waals surface area (Å²) in [4.78, 5) is 19.8. The van der Waals surface area contributed by atoms with Crippen LogP contribution in [0.3, 0.4) is 0 Å². The highest BCUT2D eigenvalue weighted by Crippen LogP contribution is 2.54. The Labute approximate surface area is 240 Å². The lowest BCUT2D eigenvalue weighted by Gasteiger charge is -2.21. The lowest BCUT2D eigenvalue weighted by molar-refractivity contribution is -0.139. The molecule has 0 aliphatic rings. The van der Waals surface area contributed by atoms with Crippen molar-refractivity contribution in [3.05, 3.63) is 121 Å². The van der Waals surface area contributed by atoms with Gasteiger partial charge in [0.05, 0.1) is 0 Å². The number of hydrogen-bond donors (Lipinski definition) is 4. The van der Waals surface area contributed by atoms with Gasteiger partial charge in [0.25, 0.3) is 0 Å². The molecular weight excluding hydrogens is 536 g/mol. The highest BCUT2D eigenvalue weighted by molar-refractivity contribution is 6.09. The van der Waals surface area contributed by atoms with E-state index >= 15 is 0 Å². The van der Waals surface area contributed by atoms with Crippen molar-refractivity contribution in [1.29, 1.82) is 0 Å². The van der Waals surface area contributed by atoms with Gasteiger partial charge in [-0.2, -0.15) is 0 Å². The smallest absolute Gasteiger partial charge is 0.181 e. The molecule has 8 heteroatoms. The average molecular weight is 561 g/mol. The molecule has 0 saturated carbocycles. The van der Waals surface area contributed by atoms with Crippen LogP contribution in [0, 0.1) is 0 Å². The normalized spacial score (nSPS) is 10.9. The van der Waals surface area contributed by atoms with E-state index in [1.54, 1.807) is 60.7 Å². The lowest BCUT2D eigenvalue weighted by Crippen LogP contribution is -2.01. The molecule has 6 aromatic rings. The first-order chi connectivity index (χ1) is 20.7. The molecule has 42 heavy (non-hydrogen) atoms. The van der Waals surface area contributed by atoms with Gasteiger partial charge in [-0.05, 0) is 28.8 Å². The van der Waals surface area contributed by atoms with Crippen LogP contribution in [-0.4, -0.2) is 21.0 Å². The quantitative estimate of drug-likeness (QED) is 0.108. The van der Waals surface area contributed by atoms with E-state index in [-0.39, 0.29) is 28.6 Å². The number of hydrogen-bond acceptors (Lipinski definition) is 8. The molecule has 0 radical (unpaired) electrons. The molecule has 208 valence electrons. The van der Waals surface area contributed by atoms with Crippen LogP contribution in [0.25, 0.3) is 55.3 Å². The van der Waals surface area contributed by atoms with Gasteiger partial charge in [0.2, 0.25) is 0 Å². The maximum absolute atomic E-state index is 10.3. The molecule has 0 bridgehead atoms. The van der Waals surface area contributed by atoms with Gasteiger partial charge in [-0.3, -0.25) is 0 Å². The van der Waals surface area contributed by atoms with E-state index in [1.807, 2.05) is 60.7 Å². The SMILES string of the molecule is OOc1ccc(-c2c(-c3cccc(-c4ccccc4)c3OO)c(OO)c3ccccc3c2OO)cc1-c1ccccc1. The molecule has 0 fully saturated rings. The average Bonchev–Trinajstić information content (AvgIpc) is 3.07. The largest absolute Gasteiger partial charge is 0.340 e. The highest BCUT2D eigenvalue weighted by atomic mass is 17.1. The first-order valence-electron chi connectivity index (χ1n) is 12.9. The molecule has 0 amide bonds. The van der Waals surface area contributed by atoms with Crippen LogP contribution in [0.1, 0.15) is 0 Å². The van der Waals surface area contributed by atoms with Crippen LogP contribution in [0.15, 0.2) is 121 Å². The Morgan fingerprint density at radius 1 is 0.357 bits per heavy atom. The molecule has 6 aromatic carbocycles. The van der Waals surface area contributed by atoms with Crippen molar-refractivity contribution in [2.45, 2.75) is 0 Å². The zero-order chi connectivity index (χ0) is 29.1. The second-order valence-corrected chi connectivity index (χ2v) is 9.44. The van der Waals surface area contributed by atoms with Gasteiger partial charge in [-0.1, -0.05) is 109 Å². The van der Waals surface area contributed by atoms with Crippen LogP contribution in [-0.2, 0) is 0 Å². The fourth-order valence-corrected chi connectivity index (χ4v) is 5.38. The Balaban J connectivity index is 1.75. The molecule has 4 N–H and O–H groups in total. The maximum Gasteiger partial charge on any atom is 0.181 e. The topological polar surface area (TPSA) is 118 Å². The summed E-state index contributed by atoms with van der Waals surface area (Å²) in [6, 6.07) is 35.8. The van der Waals surface area contributed by atoms with Gasteiger partial charge in [0.1, 0.15) is 0 Å². The molecule has 0 heterocycles. The zero-order valence-electron chi connectivity index (χ0n) is 22.0. The third-order valence-electron chi connectivity index (χ3n) is 7.21. The van der Waals surface area contributed by atoms with Crippen LogP contribution in [0.4, 0.5) is 0 Å². The van der Waals surface area contributed by atoms with Gasteiger partial charge in [0, 0.05) is 38.6 Å². The third kappa shape index (κ3) is 4.56. The van der Waals surface area contributed by atoms with Crippen molar-refractivity contribution in [2.24, 2.45) is 0 Å². The van der Waals surface area contributed by atoms with Crippen molar-refractivity contribution in [1.82, 2.24) is 0 Å². The lowest BCUT2D eigenvalue weighted by atomic mass is 9.86. The molecule has 8 nitrogen and oxygen atoms in total. The first-order valence-corrected chi connectivity index (χ1v) is 12.9. The fraction of sp³-hybridized carbons (Fsp3) is 0. The Kier molecular flexibility index (Phi) is 7.42. The summed E-state index contributed by atoms with van der Waals surface area (Å²) in [7, 11) is 0. The molecule has 6 rings (SSSR count). The minimum absolute atomic E-state index is 0.0358. The number of rotatable bonds is 8. The van der Waals surface area contributed by atoms with E-state index in [0.717, 1.165) is 11.1 Å². The maximum atomic E-state index is 10.3.